The fourth-order valence-corrected chi connectivity index (χ4v) is 3.37. The number of carbonyl (C=O) groups excluding carboxylic acids is 1. The number of benzene rings is 1. The Labute approximate surface area is 150 Å². The van der Waals surface area contributed by atoms with Crippen LogP contribution in [0, 0.1) is 0 Å². The maximum atomic E-state index is 12.4. The average Bonchev–Trinajstić information content (AvgIpc) is 3.01. The molecule has 1 atom stereocenters. The van der Waals surface area contributed by atoms with Crippen LogP contribution >= 0.6 is 11.8 Å². The van der Waals surface area contributed by atoms with E-state index in [4.69, 9.17) is 4.74 Å². The predicted octanol–water partition coefficient (Wildman–Crippen LogP) is 3.27. The summed E-state index contributed by atoms with van der Waals surface area (Å²) in [5, 5.41) is 8.65. The fraction of sp³-hybridized carbons (Fsp3) is 0.222. The van der Waals surface area contributed by atoms with Crippen molar-refractivity contribution >= 4 is 17.7 Å². The second-order valence-electron chi connectivity index (χ2n) is 5.26. The third kappa shape index (κ3) is 3.88. The van der Waals surface area contributed by atoms with E-state index >= 15 is 0 Å². The molecule has 0 aliphatic rings. The molecular formula is C18H18N4O2S. The smallest absolute Gasteiger partial charge is 0.324 e. The Morgan fingerprint density at radius 3 is 2.56 bits per heavy atom. The number of nitrogens with zero attached hydrogens (tertiary/aromatic N) is 4. The summed E-state index contributed by atoms with van der Waals surface area (Å²) >= 11 is 1.33. The van der Waals surface area contributed by atoms with Crippen LogP contribution in [0.5, 0.6) is 0 Å². The lowest BCUT2D eigenvalue weighted by Crippen LogP contribution is -2.14. The van der Waals surface area contributed by atoms with Crippen LogP contribution in [0.4, 0.5) is 0 Å². The first kappa shape index (κ1) is 17.2. The molecule has 25 heavy (non-hydrogen) atoms. The molecule has 6 nitrogen and oxygen atoms in total. The normalized spacial score (nSPS) is 11.9. The van der Waals surface area contributed by atoms with Gasteiger partial charge in [0.2, 0.25) is 0 Å². The van der Waals surface area contributed by atoms with E-state index in [9.17, 15) is 4.79 Å². The van der Waals surface area contributed by atoms with Crippen molar-refractivity contribution in [2.45, 2.75) is 17.3 Å². The number of pyridine rings is 1. The zero-order chi connectivity index (χ0) is 17.6. The Bertz CT molecular complexity index is 837. The van der Waals surface area contributed by atoms with Crippen molar-refractivity contribution < 1.29 is 9.53 Å². The van der Waals surface area contributed by atoms with Crippen molar-refractivity contribution in [1.29, 1.82) is 0 Å². The Morgan fingerprint density at radius 2 is 1.88 bits per heavy atom. The Hall–Kier alpha value is -2.67. The second kappa shape index (κ2) is 7.94. The molecule has 3 rings (SSSR count). The average molecular weight is 354 g/mol. The lowest BCUT2D eigenvalue weighted by molar-refractivity contribution is -0.142. The SMILES string of the molecule is CCOC(=O)C(Sc1nnc(-c2ccncc2)n1C)c1ccccc1. The van der Waals surface area contributed by atoms with Gasteiger partial charge in [-0.15, -0.1) is 10.2 Å². The van der Waals surface area contributed by atoms with E-state index in [1.807, 2.05) is 54.1 Å². The van der Waals surface area contributed by atoms with Crippen molar-refractivity contribution in [3.63, 3.8) is 0 Å². The fourth-order valence-electron chi connectivity index (χ4n) is 2.37. The summed E-state index contributed by atoms with van der Waals surface area (Å²) in [4.78, 5) is 16.4. The maximum Gasteiger partial charge on any atom is 0.324 e. The number of rotatable bonds is 6. The number of esters is 1. The van der Waals surface area contributed by atoms with E-state index < -0.39 is 5.25 Å². The molecule has 7 heteroatoms. The first-order chi connectivity index (χ1) is 12.2. The molecule has 2 aromatic heterocycles. The summed E-state index contributed by atoms with van der Waals surface area (Å²) in [6.07, 6.45) is 3.42. The van der Waals surface area contributed by atoms with Crippen LogP contribution in [0.3, 0.4) is 0 Å². The Kier molecular flexibility index (Phi) is 5.45. The molecule has 128 valence electrons. The van der Waals surface area contributed by atoms with Crippen molar-refractivity contribution in [1.82, 2.24) is 19.7 Å². The van der Waals surface area contributed by atoms with Gasteiger partial charge in [0.15, 0.2) is 11.0 Å². The quantitative estimate of drug-likeness (QED) is 0.500. The number of ether oxygens (including phenoxy) is 1. The van der Waals surface area contributed by atoms with Crippen molar-refractivity contribution in [2.75, 3.05) is 6.61 Å². The molecule has 0 bridgehead atoms. The third-order valence-electron chi connectivity index (χ3n) is 3.60. The lowest BCUT2D eigenvalue weighted by atomic mass is 10.1. The summed E-state index contributed by atoms with van der Waals surface area (Å²) < 4.78 is 7.11. The standard InChI is InChI=1S/C18H18N4O2S/c1-3-24-17(23)15(13-7-5-4-6-8-13)25-18-21-20-16(22(18)2)14-9-11-19-12-10-14/h4-12,15H,3H2,1-2H3. The molecule has 0 fully saturated rings. The minimum atomic E-state index is -0.491. The highest BCUT2D eigenvalue weighted by Crippen LogP contribution is 2.36. The molecular weight excluding hydrogens is 336 g/mol. The summed E-state index contributed by atoms with van der Waals surface area (Å²) in [5.41, 5.74) is 1.80. The van der Waals surface area contributed by atoms with Gasteiger partial charge >= 0.3 is 5.97 Å². The number of aromatic nitrogens is 4. The van der Waals surface area contributed by atoms with Gasteiger partial charge < -0.3 is 9.30 Å². The minimum Gasteiger partial charge on any atom is -0.465 e. The molecule has 1 unspecified atom stereocenters. The molecule has 0 saturated carbocycles. The Morgan fingerprint density at radius 1 is 1.16 bits per heavy atom. The van der Waals surface area contributed by atoms with Crippen LogP contribution in [0.1, 0.15) is 17.7 Å². The molecule has 2 heterocycles. The lowest BCUT2D eigenvalue weighted by Gasteiger charge is -2.15. The molecule has 0 N–H and O–H groups in total. The number of carbonyl (C=O) groups is 1. The molecule has 0 radical (unpaired) electrons. The first-order valence-corrected chi connectivity index (χ1v) is 8.76. The molecule has 3 aromatic rings. The van der Waals surface area contributed by atoms with E-state index in [1.54, 1.807) is 19.3 Å². The van der Waals surface area contributed by atoms with Gasteiger partial charge in [-0.3, -0.25) is 9.78 Å². The van der Waals surface area contributed by atoms with Crippen molar-refractivity contribution in [3.8, 4) is 11.4 Å². The summed E-state index contributed by atoms with van der Waals surface area (Å²) in [5.74, 6) is 0.438. The van der Waals surface area contributed by atoms with Crippen LogP contribution in [0.2, 0.25) is 0 Å². The molecule has 0 saturated heterocycles. The van der Waals surface area contributed by atoms with Gasteiger partial charge in [-0.05, 0) is 24.6 Å². The van der Waals surface area contributed by atoms with Crippen LogP contribution < -0.4 is 0 Å². The van der Waals surface area contributed by atoms with E-state index in [-0.39, 0.29) is 5.97 Å². The molecule has 0 amide bonds. The van der Waals surface area contributed by atoms with E-state index in [0.717, 1.165) is 17.0 Å². The van der Waals surface area contributed by atoms with Gasteiger partial charge in [0.1, 0.15) is 5.25 Å². The van der Waals surface area contributed by atoms with Crippen LogP contribution in [0.25, 0.3) is 11.4 Å². The van der Waals surface area contributed by atoms with Crippen LogP contribution in [-0.4, -0.2) is 32.3 Å². The molecule has 0 spiro atoms. The monoisotopic (exact) mass is 354 g/mol. The van der Waals surface area contributed by atoms with Gasteiger partial charge in [-0.1, -0.05) is 42.1 Å². The van der Waals surface area contributed by atoms with Gasteiger partial charge in [-0.25, -0.2) is 0 Å². The number of hydrogen-bond donors (Lipinski definition) is 0. The van der Waals surface area contributed by atoms with Gasteiger partial charge in [0, 0.05) is 25.0 Å². The summed E-state index contributed by atoms with van der Waals surface area (Å²) in [6, 6.07) is 13.3. The van der Waals surface area contributed by atoms with Crippen molar-refractivity contribution in [2.24, 2.45) is 7.05 Å². The maximum absolute atomic E-state index is 12.4. The van der Waals surface area contributed by atoms with E-state index in [2.05, 4.69) is 15.2 Å². The number of hydrogen-bond acceptors (Lipinski definition) is 6. The zero-order valence-corrected chi connectivity index (χ0v) is 14.8. The van der Waals surface area contributed by atoms with Gasteiger partial charge in [0.05, 0.1) is 6.61 Å². The van der Waals surface area contributed by atoms with Gasteiger partial charge in [0.25, 0.3) is 0 Å². The zero-order valence-electron chi connectivity index (χ0n) is 14.0. The first-order valence-electron chi connectivity index (χ1n) is 7.88. The van der Waals surface area contributed by atoms with Gasteiger partial charge in [-0.2, -0.15) is 0 Å². The highest BCUT2D eigenvalue weighted by atomic mass is 32.2. The summed E-state index contributed by atoms with van der Waals surface area (Å²) in [6.45, 7) is 2.14. The third-order valence-corrected chi connectivity index (χ3v) is 4.87. The highest BCUT2D eigenvalue weighted by Gasteiger charge is 2.26. The van der Waals surface area contributed by atoms with Crippen molar-refractivity contribution in [3.05, 3.63) is 60.4 Å². The number of thioether (sulfide) groups is 1. The topological polar surface area (TPSA) is 69.9 Å². The highest BCUT2D eigenvalue weighted by molar-refractivity contribution is 8.00. The largest absolute Gasteiger partial charge is 0.465 e. The molecule has 0 aliphatic heterocycles. The van der Waals surface area contributed by atoms with E-state index in [1.165, 1.54) is 11.8 Å². The Balaban J connectivity index is 1.90. The predicted molar refractivity (Wildman–Crippen MR) is 95.9 cm³/mol. The second-order valence-corrected chi connectivity index (χ2v) is 6.33. The molecule has 1 aromatic carbocycles. The summed E-state index contributed by atoms with van der Waals surface area (Å²) in [7, 11) is 1.88. The van der Waals surface area contributed by atoms with E-state index in [0.29, 0.717) is 11.8 Å². The minimum absolute atomic E-state index is 0.285. The van der Waals surface area contributed by atoms with Crippen LogP contribution in [0.15, 0.2) is 60.0 Å². The van der Waals surface area contributed by atoms with Crippen LogP contribution in [-0.2, 0) is 16.6 Å². The molecule has 0 aliphatic carbocycles.